The van der Waals surface area contributed by atoms with Crippen LogP contribution >= 0.6 is 0 Å². The van der Waals surface area contributed by atoms with Gasteiger partial charge in [0.15, 0.2) is 0 Å². The van der Waals surface area contributed by atoms with Crippen molar-refractivity contribution >= 4 is 157 Å². The molecule has 0 N–H and O–H groups in total. The Balaban J connectivity index is 6.03. The number of hydrogen-bond donors (Lipinski definition) is 0. The lowest BCUT2D eigenvalue weighted by Gasteiger charge is -2.48. The summed E-state index contributed by atoms with van der Waals surface area (Å²) in [6, 6.07) is 0. The van der Waals surface area contributed by atoms with E-state index in [1.54, 1.807) is 0 Å². The number of rotatable bonds is 9. The van der Waals surface area contributed by atoms with Crippen LogP contribution in [0.5, 0.6) is 0 Å². The van der Waals surface area contributed by atoms with Crippen LogP contribution in [0.25, 0.3) is 0 Å². The lowest BCUT2D eigenvalue weighted by molar-refractivity contribution is 3.31. The molecule has 0 aliphatic heterocycles. The summed E-state index contributed by atoms with van der Waals surface area (Å²) in [5.74, 6) is 0. The number of hydrogen-bond acceptors (Lipinski definition) is 0. The van der Waals surface area contributed by atoms with Crippen molar-refractivity contribution in [2.24, 2.45) is 0 Å². The molecule has 0 aliphatic rings. The SMILES string of the molecule is [B]B([B])B(B([B])[B])B(B(B([B])[B])B([B])[B])B(B([B])[B])B([B])[B-]. The van der Waals surface area contributed by atoms with Crippen molar-refractivity contribution in [2.45, 2.75) is 0 Å². The zero-order chi connectivity index (χ0) is 17.8. The second-order valence-corrected chi connectivity index (χ2v) is 5.77. The fourth-order valence-corrected chi connectivity index (χ4v) is 3.08. The van der Waals surface area contributed by atoms with Gasteiger partial charge in [-0.25, -0.2) is 6.39 Å². The summed E-state index contributed by atoms with van der Waals surface area (Å²) in [5, 5.41) is 0. The summed E-state index contributed by atoms with van der Waals surface area (Å²) < 4.78 is 0. The maximum absolute atomic E-state index is 5.81. The van der Waals surface area contributed by atoms with Gasteiger partial charge in [-0.1, -0.05) is 0 Å². The molecule has 0 bridgehead atoms. The normalized spacial score (nSPS) is 9.32. The monoisotopic (exact) mass is 242 g/mol. The van der Waals surface area contributed by atoms with Crippen molar-refractivity contribution in [2.75, 3.05) is 0 Å². The molecular weight excluding hydrogens is 238 g/mol. The van der Waals surface area contributed by atoms with Crippen LogP contribution in [0.3, 0.4) is 0 Å². The van der Waals surface area contributed by atoms with Crippen LogP contribution in [-0.2, 0) is 0 Å². The van der Waals surface area contributed by atoms with E-state index in [1.807, 2.05) is 0 Å². The van der Waals surface area contributed by atoms with Crippen molar-refractivity contribution in [1.82, 2.24) is 0 Å². The summed E-state index contributed by atoms with van der Waals surface area (Å²) in [7, 11) is 69.7. The first-order chi connectivity index (χ1) is 9.93. The molecule has 0 saturated heterocycles. The van der Waals surface area contributed by atoms with Gasteiger partial charge in [0.1, 0.15) is 0 Å². The predicted molar refractivity (Wildman–Crippen MR) is 127 cm³/mol. The van der Waals surface area contributed by atoms with Crippen molar-refractivity contribution in [3.05, 3.63) is 0 Å². The maximum atomic E-state index is 5.81. The van der Waals surface area contributed by atoms with Gasteiger partial charge < -0.3 is 7.74 Å². The second-order valence-electron chi connectivity index (χ2n) is 5.77. The van der Waals surface area contributed by atoms with Gasteiger partial charge in [0, 0.05) is 0 Å². The molecule has 25 radical (unpaired) electrons. The summed E-state index contributed by atoms with van der Waals surface area (Å²) in [5.41, 5.74) is 0. The molecule has 0 aromatic carbocycles. The first kappa shape index (κ1) is 23.4. The smallest absolute Gasteiger partial charge is 0.0000000127 e. The summed E-state index contributed by atoms with van der Waals surface area (Å²) >= 11 is 0. The molecular formula is B22-. The molecule has 0 rings (SSSR count). The summed E-state index contributed by atoms with van der Waals surface area (Å²) in [4.78, 5) is 0. The highest BCUT2D eigenvalue weighted by atomic mass is 13.3. The minimum Gasteiger partial charge on any atom is -0.687 e. The summed E-state index contributed by atoms with van der Waals surface area (Å²) in [6.07, 6.45) is -8.34. The molecule has 0 aliphatic carbocycles. The molecule has 0 aromatic heterocycles. The van der Waals surface area contributed by atoms with Crippen molar-refractivity contribution in [1.29, 1.82) is 0 Å². The third-order valence-corrected chi connectivity index (χ3v) is 4.00. The van der Waals surface area contributed by atoms with E-state index in [0.717, 1.165) is 0 Å². The molecule has 22 heteroatoms. The van der Waals surface area contributed by atoms with Crippen molar-refractivity contribution in [3.63, 3.8) is 0 Å². The molecule has 0 aromatic rings. The predicted octanol–water partition coefficient (Wildman–Crippen LogP) is -8.38. The van der Waals surface area contributed by atoms with Gasteiger partial charge in [-0.3, -0.25) is 0 Å². The summed E-state index contributed by atoms with van der Waals surface area (Å²) in [6.45, 7) is 0. The standard InChI is InChI=1S/B22/c1-13(2)19(14(3)4)22(20(15(5)6)16(7)8)21(17(9)10)18(11)12/q-1. The van der Waals surface area contributed by atoms with Gasteiger partial charge in [0.2, 0.25) is 0 Å². The van der Waals surface area contributed by atoms with Crippen LogP contribution in [-0.4, -0.2) is 157 Å². The molecule has 0 saturated carbocycles. The van der Waals surface area contributed by atoms with Gasteiger partial charge in [0.05, 0.1) is 0 Å². The van der Waals surface area contributed by atoms with E-state index in [-0.39, 0.29) is 0 Å². The van der Waals surface area contributed by atoms with Crippen LogP contribution in [0, 0.1) is 0 Å². The van der Waals surface area contributed by atoms with Crippen molar-refractivity contribution < 1.29 is 0 Å². The Morgan fingerprint density at radius 1 is 0.364 bits per heavy atom. The van der Waals surface area contributed by atoms with E-state index >= 15 is 0 Å². The van der Waals surface area contributed by atoms with E-state index in [2.05, 4.69) is 0 Å². The quantitative estimate of drug-likeness (QED) is 0.350. The van der Waals surface area contributed by atoms with E-state index in [4.69, 9.17) is 92.8 Å². The van der Waals surface area contributed by atoms with Gasteiger partial charge >= 0.3 is 0 Å². The Labute approximate surface area is 156 Å². The second kappa shape index (κ2) is 10.4. The lowest BCUT2D eigenvalue weighted by Crippen LogP contribution is -2.83. The van der Waals surface area contributed by atoms with E-state index in [0.29, 0.717) is 0 Å². The van der Waals surface area contributed by atoms with Crippen LogP contribution < -0.4 is 0 Å². The first-order valence-electron chi connectivity index (χ1n) is 7.00. The molecule has 67 valence electrons. The van der Waals surface area contributed by atoms with E-state index < -0.39 is 63.9 Å². The van der Waals surface area contributed by atoms with Gasteiger partial charge in [-0.05, 0) is 143 Å². The molecule has 0 unspecified atom stereocenters. The topological polar surface area (TPSA) is 0 Å². The average Bonchev–Trinajstić information content (AvgIpc) is 2.24. The van der Waals surface area contributed by atoms with Crippen LogP contribution in [0.2, 0.25) is 0 Å². The van der Waals surface area contributed by atoms with Crippen LogP contribution in [0.1, 0.15) is 0 Å². The van der Waals surface area contributed by atoms with Gasteiger partial charge in [-0.15, -0.1) is 0 Å². The molecule has 22 heavy (non-hydrogen) atoms. The molecule has 0 atom stereocenters. The fourth-order valence-electron chi connectivity index (χ4n) is 3.08. The molecule has 0 heterocycles. The highest BCUT2D eigenvalue weighted by Crippen LogP contribution is 2.08. The minimum absolute atomic E-state index is 0.667. The average molecular weight is 238 g/mol. The molecule has 0 nitrogen and oxygen atoms in total. The van der Waals surface area contributed by atoms with E-state index in [1.165, 1.54) is 0 Å². The van der Waals surface area contributed by atoms with Gasteiger partial charge in [-0.2, -0.15) is 0 Å². The third-order valence-electron chi connectivity index (χ3n) is 4.00. The third kappa shape index (κ3) is 6.38. The molecule has 0 fully saturated rings. The molecule has 0 spiro atoms. The lowest BCUT2D eigenvalue weighted by atomic mass is 8.36. The maximum Gasteiger partial charge on any atom is -0.0000000127 e. The Morgan fingerprint density at radius 3 is 0.727 bits per heavy atom. The van der Waals surface area contributed by atoms with Crippen molar-refractivity contribution in [3.8, 4) is 0 Å². The zero-order valence-electron chi connectivity index (χ0n) is 12.7. The largest absolute Gasteiger partial charge is 0.687 e. The van der Waals surface area contributed by atoms with E-state index in [9.17, 15) is 0 Å². The van der Waals surface area contributed by atoms with Crippen LogP contribution in [0.4, 0.5) is 0 Å². The highest BCUT2D eigenvalue weighted by Gasteiger charge is 2.44. The Kier molecular flexibility index (Phi) is 11.1. The first-order valence-corrected chi connectivity index (χ1v) is 7.00. The Morgan fingerprint density at radius 2 is 0.591 bits per heavy atom. The zero-order valence-corrected chi connectivity index (χ0v) is 12.7. The molecule has 0 amide bonds. The van der Waals surface area contributed by atoms with Gasteiger partial charge in [0.25, 0.3) is 0 Å². The fraction of sp³-hybridized carbons (Fsp3) is 0. The Bertz CT molecular complexity index is 211. The Hall–Kier alpha value is 1.43. The van der Waals surface area contributed by atoms with Crippen LogP contribution in [0.15, 0.2) is 0 Å². The highest BCUT2D eigenvalue weighted by molar-refractivity contribution is 8.22. The minimum atomic E-state index is -0.926.